The van der Waals surface area contributed by atoms with Crippen LogP contribution in [0.5, 0.6) is 0 Å². The number of carbonyl (C=O) groups is 1. The van der Waals surface area contributed by atoms with Gasteiger partial charge >= 0.3 is 5.97 Å². The molecular formula is C12H21N3O2. The van der Waals surface area contributed by atoms with Crippen LogP contribution in [0, 0.1) is 0 Å². The molecule has 96 valence electrons. The normalized spacial score (nSPS) is 12.8. The van der Waals surface area contributed by atoms with Crippen molar-refractivity contribution < 1.29 is 9.53 Å². The van der Waals surface area contributed by atoms with E-state index < -0.39 is 0 Å². The van der Waals surface area contributed by atoms with Crippen molar-refractivity contribution in [1.29, 1.82) is 0 Å². The van der Waals surface area contributed by atoms with E-state index in [0.29, 0.717) is 11.7 Å². The van der Waals surface area contributed by atoms with Gasteiger partial charge in [-0.05, 0) is 33.2 Å². The van der Waals surface area contributed by atoms with Gasteiger partial charge in [-0.25, -0.2) is 4.79 Å². The van der Waals surface area contributed by atoms with Gasteiger partial charge in [-0.3, -0.25) is 0 Å². The Bertz CT molecular complexity index is 360. The number of esters is 1. The minimum absolute atomic E-state index is 0.335. The Morgan fingerprint density at radius 3 is 2.82 bits per heavy atom. The first kappa shape index (κ1) is 13.7. The maximum absolute atomic E-state index is 11.2. The molecule has 0 fully saturated rings. The maximum atomic E-state index is 11.2. The number of likely N-dealkylation sites (N-methyl/N-ethyl adjacent to an activating group) is 1. The fourth-order valence-corrected chi connectivity index (χ4v) is 1.37. The number of nitrogens with zero attached hydrogens (tertiary/aromatic N) is 1. The largest absolute Gasteiger partial charge is 0.464 e. The summed E-state index contributed by atoms with van der Waals surface area (Å²) in [4.78, 5) is 16.4. The number of methoxy groups -OCH3 is 1. The molecule has 0 aliphatic carbocycles. The first-order valence-corrected chi connectivity index (χ1v) is 5.68. The van der Waals surface area contributed by atoms with Crippen LogP contribution in [0.25, 0.3) is 0 Å². The summed E-state index contributed by atoms with van der Waals surface area (Å²) in [5.74, 6) is -0.335. The van der Waals surface area contributed by atoms with E-state index in [1.165, 1.54) is 7.11 Å². The summed E-state index contributed by atoms with van der Waals surface area (Å²) in [5, 5.41) is 3.33. The van der Waals surface area contributed by atoms with E-state index in [2.05, 4.69) is 41.0 Å². The smallest absolute Gasteiger partial charge is 0.354 e. The van der Waals surface area contributed by atoms with Crippen molar-refractivity contribution in [1.82, 2.24) is 15.2 Å². The van der Waals surface area contributed by atoms with Crippen molar-refractivity contribution in [3.05, 3.63) is 23.5 Å². The second-order valence-electron chi connectivity index (χ2n) is 4.33. The van der Waals surface area contributed by atoms with Crippen LogP contribution in [0.15, 0.2) is 12.1 Å². The molecule has 0 spiro atoms. The lowest BCUT2D eigenvalue weighted by Gasteiger charge is -2.19. The van der Waals surface area contributed by atoms with Crippen LogP contribution >= 0.6 is 0 Å². The lowest BCUT2D eigenvalue weighted by molar-refractivity contribution is 0.0594. The molecule has 1 atom stereocenters. The van der Waals surface area contributed by atoms with Gasteiger partial charge in [0.1, 0.15) is 5.69 Å². The van der Waals surface area contributed by atoms with Crippen molar-refractivity contribution in [2.24, 2.45) is 0 Å². The average molecular weight is 239 g/mol. The van der Waals surface area contributed by atoms with Gasteiger partial charge in [0, 0.05) is 24.8 Å². The van der Waals surface area contributed by atoms with Gasteiger partial charge in [-0.2, -0.15) is 0 Å². The van der Waals surface area contributed by atoms with E-state index in [1.54, 1.807) is 6.07 Å². The molecule has 0 aliphatic heterocycles. The Morgan fingerprint density at radius 2 is 2.24 bits per heavy atom. The number of H-pyrrole nitrogens is 1. The molecule has 0 aromatic carbocycles. The standard InChI is InChI=1S/C12H21N3O2/c1-9(15(2)3)7-13-8-10-5-6-11(14-10)12(16)17-4/h5-6,9,13-14H,7-8H2,1-4H3. The highest BCUT2D eigenvalue weighted by molar-refractivity contribution is 5.87. The van der Waals surface area contributed by atoms with Crippen LogP contribution in [-0.4, -0.2) is 49.6 Å². The molecule has 1 unspecified atom stereocenters. The van der Waals surface area contributed by atoms with Crippen LogP contribution in [0.3, 0.4) is 0 Å². The molecule has 1 rings (SSSR count). The van der Waals surface area contributed by atoms with E-state index in [-0.39, 0.29) is 5.97 Å². The molecule has 1 aromatic heterocycles. The Morgan fingerprint density at radius 1 is 1.53 bits per heavy atom. The summed E-state index contributed by atoms with van der Waals surface area (Å²) in [6.45, 7) is 3.77. The number of aromatic nitrogens is 1. The molecule has 0 saturated carbocycles. The van der Waals surface area contributed by atoms with Crippen LogP contribution in [0.1, 0.15) is 23.1 Å². The molecule has 0 saturated heterocycles. The van der Waals surface area contributed by atoms with Gasteiger partial charge in [-0.15, -0.1) is 0 Å². The lowest BCUT2D eigenvalue weighted by atomic mass is 10.3. The van der Waals surface area contributed by atoms with Crippen LogP contribution in [-0.2, 0) is 11.3 Å². The minimum Gasteiger partial charge on any atom is -0.464 e. The van der Waals surface area contributed by atoms with Crippen molar-refractivity contribution in [3.8, 4) is 0 Å². The molecule has 0 aliphatic rings. The molecule has 1 aromatic rings. The van der Waals surface area contributed by atoms with Crippen molar-refractivity contribution in [2.45, 2.75) is 19.5 Å². The summed E-state index contributed by atoms with van der Waals surface area (Å²) >= 11 is 0. The lowest BCUT2D eigenvalue weighted by Crippen LogP contribution is -2.35. The number of ether oxygens (including phenoxy) is 1. The summed E-state index contributed by atoms with van der Waals surface area (Å²) in [5.41, 5.74) is 1.47. The number of rotatable bonds is 6. The van der Waals surface area contributed by atoms with Gasteiger partial charge in [0.15, 0.2) is 0 Å². The predicted octanol–water partition coefficient (Wildman–Crippen LogP) is 0.841. The zero-order valence-electron chi connectivity index (χ0n) is 10.9. The second-order valence-corrected chi connectivity index (χ2v) is 4.33. The van der Waals surface area contributed by atoms with E-state index >= 15 is 0 Å². The van der Waals surface area contributed by atoms with Crippen LogP contribution < -0.4 is 5.32 Å². The third-order valence-electron chi connectivity index (χ3n) is 2.79. The summed E-state index contributed by atoms with van der Waals surface area (Å²) < 4.78 is 4.63. The highest BCUT2D eigenvalue weighted by atomic mass is 16.5. The first-order valence-electron chi connectivity index (χ1n) is 5.68. The third kappa shape index (κ3) is 4.20. The number of carbonyl (C=O) groups excluding carboxylic acids is 1. The van der Waals surface area contributed by atoms with Crippen molar-refractivity contribution in [2.75, 3.05) is 27.7 Å². The first-order chi connectivity index (χ1) is 8.04. The topological polar surface area (TPSA) is 57.4 Å². The third-order valence-corrected chi connectivity index (χ3v) is 2.79. The molecular weight excluding hydrogens is 218 g/mol. The number of aromatic amines is 1. The second kappa shape index (κ2) is 6.42. The van der Waals surface area contributed by atoms with E-state index in [0.717, 1.165) is 18.8 Å². The average Bonchev–Trinajstić information content (AvgIpc) is 2.76. The van der Waals surface area contributed by atoms with Gasteiger partial charge in [0.05, 0.1) is 7.11 Å². The number of nitrogens with one attached hydrogen (secondary N) is 2. The summed E-state index contributed by atoms with van der Waals surface area (Å²) in [7, 11) is 5.48. The minimum atomic E-state index is -0.335. The highest BCUT2D eigenvalue weighted by Crippen LogP contribution is 2.03. The van der Waals surface area contributed by atoms with Gasteiger partial charge in [0.2, 0.25) is 0 Å². The molecule has 0 amide bonds. The Hall–Kier alpha value is -1.33. The Labute approximate surface area is 102 Å². The zero-order chi connectivity index (χ0) is 12.8. The Balaban J connectivity index is 2.37. The fourth-order valence-electron chi connectivity index (χ4n) is 1.37. The number of hydrogen-bond donors (Lipinski definition) is 2. The van der Waals surface area contributed by atoms with Gasteiger partial charge < -0.3 is 19.9 Å². The summed E-state index contributed by atoms with van der Waals surface area (Å²) in [6, 6.07) is 4.10. The monoisotopic (exact) mass is 239 g/mol. The van der Waals surface area contributed by atoms with Gasteiger partial charge in [-0.1, -0.05) is 0 Å². The zero-order valence-corrected chi connectivity index (χ0v) is 10.9. The quantitative estimate of drug-likeness (QED) is 0.722. The van der Waals surface area contributed by atoms with Crippen LogP contribution in [0.2, 0.25) is 0 Å². The molecule has 0 radical (unpaired) electrons. The van der Waals surface area contributed by atoms with Crippen molar-refractivity contribution >= 4 is 5.97 Å². The van der Waals surface area contributed by atoms with Crippen molar-refractivity contribution in [3.63, 3.8) is 0 Å². The number of hydrogen-bond acceptors (Lipinski definition) is 4. The molecule has 1 heterocycles. The van der Waals surface area contributed by atoms with E-state index in [4.69, 9.17) is 0 Å². The molecule has 17 heavy (non-hydrogen) atoms. The molecule has 2 N–H and O–H groups in total. The molecule has 5 heteroatoms. The van der Waals surface area contributed by atoms with E-state index in [9.17, 15) is 4.79 Å². The van der Waals surface area contributed by atoms with Gasteiger partial charge in [0.25, 0.3) is 0 Å². The van der Waals surface area contributed by atoms with E-state index in [1.807, 2.05) is 6.07 Å². The highest BCUT2D eigenvalue weighted by Gasteiger charge is 2.08. The van der Waals surface area contributed by atoms with Crippen LogP contribution in [0.4, 0.5) is 0 Å². The molecule has 0 bridgehead atoms. The summed E-state index contributed by atoms with van der Waals surface area (Å²) in [6.07, 6.45) is 0. The SMILES string of the molecule is COC(=O)c1ccc(CNCC(C)N(C)C)[nH]1. The maximum Gasteiger partial charge on any atom is 0.354 e. The fraction of sp³-hybridized carbons (Fsp3) is 0.583. The molecule has 5 nitrogen and oxygen atoms in total. The predicted molar refractivity (Wildman–Crippen MR) is 67.0 cm³/mol. The Kier molecular flexibility index (Phi) is 5.18.